The molecule has 0 saturated heterocycles. The Kier molecular flexibility index (Phi) is 14.7. The monoisotopic (exact) mass is 644 g/mol. The minimum absolute atomic E-state index is 0.00394. The van der Waals surface area contributed by atoms with Crippen molar-refractivity contribution in [2.75, 3.05) is 13.1 Å². The van der Waals surface area contributed by atoms with E-state index in [4.69, 9.17) is 34.4 Å². The molecule has 1 aromatic heterocycles. The van der Waals surface area contributed by atoms with Crippen molar-refractivity contribution in [3.8, 4) is 0 Å². The van der Waals surface area contributed by atoms with Crippen LogP contribution in [0.25, 0.3) is 10.9 Å². The predicted molar refractivity (Wildman–Crippen MR) is 172 cm³/mol. The number of para-hydroxylation sites is 1. The zero-order chi connectivity index (χ0) is 34.2. The molecule has 0 aliphatic rings. The number of carbonyl (C=O) groups excluding carboxylic acids is 4. The average Bonchev–Trinajstić information content (AvgIpc) is 3.40. The lowest BCUT2D eigenvalue weighted by molar-refractivity contribution is -0.142. The number of aliphatic carboxylic acids is 1. The van der Waals surface area contributed by atoms with E-state index in [9.17, 15) is 29.1 Å². The van der Waals surface area contributed by atoms with Gasteiger partial charge in [-0.25, -0.2) is 4.79 Å². The minimum atomic E-state index is -1.31. The molecule has 4 amide bonds. The topological polar surface area (TPSA) is 338 Å². The number of carboxylic acids is 1. The highest BCUT2D eigenvalue weighted by atomic mass is 16.4. The number of nitrogens with one attached hydrogen (secondary N) is 4. The minimum Gasteiger partial charge on any atom is -0.480 e. The molecular weight excluding hydrogens is 600 g/mol. The van der Waals surface area contributed by atoms with Crippen LogP contribution in [0.3, 0.4) is 0 Å². The molecule has 2 aromatic rings. The number of primary amides is 1. The number of carboxylic acid groups (broad SMARTS) is 1. The Morgan fingerprint density at radius 1 is 0.761 bits per heavy atom. The first-order valence-corrected chi connectivity index (χ1v) is 14.6. The number of benzene rings is 1. The highest BCUT2D eigenvalue weighted by molar-refractivity contribution is 5.95. The highest BCUT2D eigenvalue weighted by Gasteiger charge is 2.31. The molecule has 0 fully saturated rings. The maximum absolute atomic E-state index is 13.5. The standard InChI is InChI=1S/C28H44N12O6/c29-17(6-3-11-35-27(31)32)23(42)38-19(9-10-22(30)41)24(43)40-21(13-15-14-37-18-7-2-1-5-16(15)18)25(44)39-20(26(45)46)8-4-12-36-28(33)34/h1-2,5,7,14,17,19-21,37H,3-4,6,8-13,29H2,(H2,30,41)(H,38,42)(H,39,44)(H,40,43)(H,45,46)(H4,31,32,35)(H4,33,34,36). The van der Waals surface area contributed by atoms with Crippen molar-refractivity contribution in [1.82, 2.24) is 20.9 Å². The molecule has 0 aliphatic carbocycles. The number of nitrogens with two attached hydrogens (primary N) is 6. The first kappa shape index (κ1) is 36.8. The number of fused-ring (bicyclic) bond motifs is 1. The van der Waals surface area contributed by atoms with E-state index in [1.54, 1.807) is 12.3 Å². The van der Waals surface area contributed by atoms with Crippen molar-refractivity contribution in [3.05, 3.63) is 36.0 Å². The number of hydrogen-bond acceptors (Lipinski definition) is 8. The Labute approximate surface area is 265 Å². The van der Waals surface area contributed by atoms with Crippen LogP contribution in [0.2, 0.25) is 0 Å². The fourth-order valence-corrected chi connectivity index (χ4v) is 4.52. The van der Waals surface area contributed by atoms with Crippen LogP contribution in [0.5, 0.6) is 0 Å². The van der Waals surface area contributed by atoms with Crippen LogP contribution in [0.4, 0.5) is 0 Å². The third-order valence-electron chi connectivity index (χ3n) is 6.91. The average molecular weight is 645 g/mol. The summed E-state index contributed by atoms with van der Waals surface area (Å²) in [5.41, 5.74) is 34.0. The number of rotatable bonds is 20. The summed E-state index contributed by atoms with van der Waals surface area (Å²) < 4.78 is 0. The summed E-state index contributed by atoms with van der Waals surface area (Å²) in [6.45, 7) is 0.389. The van der Waals surface area contributed by atoms with Gasteiger partial charge in [-0.1, -0.05) is 18.2 Å². The number of aromatic nitrogens is 1. The third-order valence-corrected chi connectivity index (χ3v) is 6.91. The quantitative estimate of drug-likeness (QED) is 0.0390. The highest BCUT2D eigenvalue weighted by Crippen LogP contribution is 2.19. The normalized spacial score (nSPS) is 13.4. The maximum Gasteiger partial charge on any atom is 0.326 e. The number of hydrogen-bond donors (Lipinski definition) is 11. The molecule has 18 nitrogen and oxygen atoms in total. The Morgan fingerprint density at radius 3 is 1.93 bits per heavy atom. The Bertz CT molecular complexity index is 1420. The van der Waals surface area contributed by atoms with Crippen LogP contribution in [0, 0.1) is 0 Å². The molecule has 252 valence electrons. The molecule has 2 rings (SSSR count). The molecule has 4 atom stereocenters. The molecule has 4 unspecified atom stereocenters. The molecule has 18 heteroatoms. The number of aliphatic imine (C=N–C) groups is 2. The smallest absolute Gasteiger partial charge is 0.326 e. The van der Waals surface area contributed by atoms with E-state index in [-0.39, 0.29) is 63.5 Å². The molecule has 0 radical (unpaired) electrons. The van der Waals surface area contributed by atoms with E-state index in [1.807, 2.05) is 18.2 Å². The first-order chi connectivity index (χ1) is 21.8. The predicted octanol–water partition coefficient (Wildman–Crippen LogP) is -3.05. The number of carbonyl (C=O) groups is 5. The third kappa shape index (κ3) is 12.7. The van der Waals surface area contributed by atoms with Crippen molar-refractivity contribution < 1.29 is 29.1 Å². The van der Waals surface area contributed by atoms with Gasteiger partial charge in [-0.15, -0.1) is 0 Å². The lowest BCUT2D eigenvalue weighted by Gasteiger charge is -2.25. The largest absolute Gasteiger partial charge is 0.480 e. The van der Waals surface area contributed by atoms with Gasteiger partial charge in [-0.2, -0.15) is 0 Å². The second-order valence-corrected chi connectivity index (χ2v) is 10.6. The van der Waals surface area contributed by atoms with Crippen LogP contribution in [-0.4, -0.2) is 88.9 Å². The Morgan fingerprint density at radius 2 is 1.33 bits per heavy atom. The first-order valence-electron chi connectivity index (χ1n) is 14.6. The van der Waals surface area contributed by atoms with Gasteiger partial charge in [0.25, 0.3) is 0 Å². The van der Waals surface area contributed by atoms with Crippen LogP contribution in [0.1, 0.15) is 44.1 Å². The lowest BCUT2D eigenvalue weighted by atomic mass is 10.0. The van der Waals surface area contributed by atoms with Gasteiger partial charge in [0.1, 0.15) is 18.1 Å². The number of aromatic amines is 1. The fraction of sp³-hybridized carbons (Fsp3) is 0.464. The van der Waals surface area contributed by atoms with Gasteiger partial charge < -0.3 is 60.4 Å². The van der Waals surface area contributed by atoms with E-state index >= 15 is 0 Å². The van der Waals surface area contributed by atoms with E-state index in [0.29, 0.717) is 12.0 Å². The zero-order valence-electron chi connectivity index (χ0n) is 25.4. The van der Waals surface area contributed by atoms with Crippen molar-refractivity contribution in [2.24, 2.45) is 44.4 Å². The van der Waals surface area contributed by atoms with Crippen LogP contribution >= 0.6 is 0 Å². The van der Waals surface area contributed by atoms with E-state index in [0.717, 1.165) is 10.9 Å². The lowest BCUT2D eigenvalue weighted by Crippen LogP contribution is -2.57. The summed E-state index contributed by atoms with van der Waals surface area (Å²) >= 11 is 0. The van der Waals surface area contributed by atoms with Gasteiger partial charge in [-0.3, -0.25) is 29.2 Å². The summed E-state index contributed by atoms with van der Waals surface area (Å²) in [4.78, 5) is 74.2. The summed E-state index contributed by atoms with van der Waals surface area (Å²) in [6.07, 6.45) is 2.03. The van der Waals surface area contributed by atoms with Gasteiger partial charge in [-0.05, 0) is 43.7 Å². The van der Waals surface area contributed by atoms with Crippen molar-refractivity contribution >= 4 is 52.4 Å². The van der Waals surface area contributed by atoms with Crippen LogP contribution in [-0.2, 0) is 30.4 Å². The van der Waals surface area contributed by atoms with Crippen molar-refractivity contribution in [1.29, 1.82) is 0 Å². The molecule has 0 saturated carbocycles. The fourth-order valence-electron chi connectivity index (χ4n) is 4.52. The second-order valence-electron chi connectivity index (χ2n) is 10.6. The Hall–Kier alpha value is -5.39. The maximum atomic E-state index is 13.5. The SMILES string of the molecule is NC(=O)CCC(NC(=O)C(N)CCCN=C(N)N)C(=O)NC(Cc1c[nH]c2ccccc12)C(=O)NC(CCCN=C(N)N)C(=O)O. The van der Waals surface area contributed by atoms with Crippen molar-refractivity contribution in [2.45, 2.75) is 69.1 Å². The summed E-state index contributed by atoms with van der Waals surface area (Å²) in [5.74, 6) is -4.54. The summed E-state index contributed by atoms with van der Waals surface area (Å²) in [7, 11) is 0. The van der Waals surface area contributed by atoms with Gasteiger partial charge in [0.05, 0.1) is 6.04 Å². The molecule has 0 bridgehead atoms. The van der Waals surface area contributed by atoms with Crippen molar-refractivity contribution in [3.63, 3.8) is 0 Å². The number of nitrogens with zero attached hydrogens (tertiary/aromatic N) is 2. The molecular formula is C28H44N12O6. The van der Waals surface area contributed by atoms with Crippen LogP contribution < -0.4 is 50.4 Å². The van der Waals surface area contributed by atoms with Gasteiger partial charge in [0.15, 0.2) is 11.9 Å². The van der Waals surface area contributed by atoms with Gasteiger partial charge in [0.2, 0.25) is 23.6 Å². The molecule has 0 aliphatic heterocycles. The number of guanidine groups is 2. The summed E-state index contributed by atoms with van der Waals surface area (Å²) in [6, 6.07) is 2.37. The summed E-state index contributed by atoms with van der Waals surface area (Å²) in [5, 5.41) is 18.1. The van der Waals surface area contributed by atoms with Gasteiger partial charge in [0, 0.05) is 43.0 Å². The van der Waals surface area contributed by atoms with Crippen LogP contribution in [0.15, 0.2) is 40.4 Å². The number of amides is 4. The molecule has 1 aromatic carbocycles. The van der Waals surface area contributed by atoms with E-state index in [1.165, 1.54) is 0 Å². The molecule has 0 spiro atoms. The Balaban J connectivity index is 2.27. The molecule has 1 heterocycles. The van der Waals surface area contributed by atoms with Gasteiger partial charge >= 0.3 is 5.97 Å². The zero-order valence-corrected chi connectivity index (χ0v) is 25.4. The van der Waals surface area contributed by atoms with E-state index in [2.05, 4.69) is 30.9 Å². The second kappa shape index (κ2) is 18.4. The van der Waals surface area contributed by atoms with E-state index < -0.39 is 53.8 Å². The number of H-pyrrole nitrogens is 1. The molecule has 46 heavy (non-hydrogen) atoms. The molecule has 17 N–H and O–H groups in total.